The van der Waals surface area contributed by atoms with Gasteiger partial charge < -0.3 is 9.72 Å². The van der Waals surface area contributed by atoms with E-state index in [1.54, 1.807) is 0 Å². The Morgan fingerprint density at radius 3 is 2.87 bits per heavy atom. The maximum absolute atomic E-state index is 4.59. The molecule has 2 aromatic rings. The first kappa shape index (κ1) is 10.2. The summed E-state index contributed by atoms with van der Waals surface area (Å²) in [6.07, 6.45) is 0. The van der Waals surface area contributed by atoms with Crippen LogP contribution in [0.25, 0.3) is 5.52 Å². The van der Waals surface area contributed by atoms with E-state index in [2.05, 4.69) is 53.7 Å². The monoisotopic (exact) mass is 203 g/mol. The van der Waals surface area contributed by atoms with Gasteiger partial charge in [-0.05, 0) is 32.5 Å². The molecule has 0 amide bonds. The summed E-state index contributed by atoms with van der Waals surface area (Å²) in [6.45, 7) is 8.09. The highest BCUT2D eigenvalue weighted by Crippen LogP contribution is 2.14. The standard InChI is InChI=1S/C12H17N3/c1-4-13-8-11-12-7-5-6-9(2)15(12)10(3)14-11/h5-7,13H,4,8H2,1-3H3. The van der Waals surface area contributed by atoms with E-state index in [0.29, 0.717) is 0 Å². The first-order valence-corrected chi connectivity index (χ1v) is 5.38. The van der Waals surface area contributed by atoms with E-state index >= 15 is 0 Å². The Bertz CT molecular complexity index is 471. The number of hydrogen-bond acceptors (Lipinski definition) is 2. The lowest BCUT2D eigenvalue weighted by molar-refractivity contribution is 0.716. The van der Waals surface area contributed by atoms with Gasteiger partial charge in [-0.25, -0.2) is 4.98 Å². The Morgan fingerprint density at radius 1 is 1.33 bits per heavy atom. The van der Waals surface area contributed by atoms with Crippen LogP contribution in [0.3, 0.4) is 0 Å². The normalized spacial score (nSPS) is 11.1. The molecule has 0 bridgehead atoms. The van der Waals surface area contributed by atoms with Gasteiger partial charge in [0, 0.05) is 12.2 Å². The number of fused-ring (bicyclic) bond motifs is 1. The van der Waals surface area contributed by atoms with Crippen molar-refractivity contribution in [1.82, 2.24) is 14.7 Å². The van der Waals surface area contributed by atoms with Crippen LogP contribution in [0.5, 0.6) is 0 Å². The van der Waals surface area contributed by atoms with E-state index in [-0.39, 0.29) is 0 Å². The minimum absolute atomic E-state index is 0.845. The molecule has 0 saturated carbocycles. The molecule has 3 nitrogen and oxygen atoms in total. The summed E-state index contributed by atoms with van der Waals surface area (Å²) >= 11 is 0. The number of hydrogen-bond donors (Lipinski definition) is 1. The Kier molecular flexibility index (Phi) is 2.73. The Balaban J connectivity index is 2.53. The van der Waals surface area contributed by atoms with Gasteiger partial charge in [0.05, 0.1) is 11.2 Å². The predicted molar refractivity (Wildman–Crippen MR) is 62.0 cm³/mol. The molecule has 0 saturated heterocycles. The Morgan fingerprint density at radius 2 is 2.13 bits per heavy atom. The highest BCUT2D eigenvalue weighted by atomic mass is 15.0. The van der Waals surface area contributed by atoms with Crippen molar-refractivity contribution in [2.45, 2.75) is 27.3 Å². The maximum Gasteiger partial charge on any atom is 0.110 e. The molecule has 0 aliphatic rings. The smallest absolute Gasteiger partial charge is 0.110 e. The van der Waals surface area contributed by atoms with Crippen molar-refractivity contribution >= 4 is 5.52 Å². The van der Waals surface area contributed by atoms with Crippen molar-refractivity contribution in [3.05, 3.63) is 35.4 Å². The molecular weight excluding hydrogens is 186 g/mol. The second kappa shape index (κ2) is 4.03. The van der Waals surface area contributed by atoms with Crippen molar-refractivity contribution in [1.29, 1.82) is 0 Å². The SMILES string of the molecule is CCNCc1nc(C)n2c(C)cccc12. The van der Waals surface area contributed by atoms with E-state index in [4.69, 9.17) is 0 Å². The summed E-state index contributed by atoms with van der Waals surface area (Å²) in [6, 6.07) is 6.32. The zero-order chi connectivity index (χ0) is 10.8. The average Bonchev–Trinajstić information content (AvgIpc) is 2.54. The molecule has 2 heterocycles. The van der Waals surface area contributed by atoms with Crippen LogP contribution >= 0.6 is 0 Å². The lowest BCUT2D eigenvalue weighted by Gasteiger charge is -2.02. The number of aryl methyl sites for hydroxylation is 2. The van der Waals surface area contributed by atoms with Gasteiger partial charge in [0.1, 0.15) is 5.82 Å². The first-order chi connectivity index (χ1) is 7.24. The summed E-state index contributed by atoms with van der Waals surface area (Å²) in [5.41, 5.74) is 3.59. The van der Waals surface area contributed by atoms with Crippen LogP contribution in [0.1, 0.15) is 24.1 Å². The fourth-order valence-corrected chi connectivity index (χ4v) is 1.95. The molecule has 15 heavy (non-hydrogen) atoms. The van der Waals surface area contributed by atoms with Gasteiger partial charge in [0.15, 0.2) is 0 Å². The third-order valence-corrected chi connectivity index (χ3v) is 2.64. The molecule has 0 unspecified atom stereocenters. The van der Waals surface area contributed by atoms with Crippen LogP contribution in [-0.2, 0) is 6.54 Å². The first-order valence-electron chi connectivity index (χ1n) is 5.38. The number of aromatic nitrogens is 2. The zero-order valence-electron chi connectivity index (χ0n) is 9.54. The molecule has 1 N–H and O–H groups in total. The van der Waals surface area contributed by atoms with Crippen molar-refractivity contribution in [3.8, 4) is 0 Å². The lowest BCUT2D eigenvalue weighted by atomic mass is 10.3. The largest absolute Gasteiger partial charge is 0.311 e. The van der Waals surface area contributed by atoms with Crippen LogP contribution in [0.15, 0.2) is 18.2 Å². The minimum atomic E-state index is 0.845. The van der Waals surface area contributed by atoms with Crippen molar-refractivity contribution in [2.24, 2.45) is 0 Å². The van der Waals surface area contributed by atoms with Gasteiger partial charge in [0.25, 0.3) is 0 Å². The molecule has 0 aliphatic carbocycles. The fourth-order valence-electron chi connectivity index (χ4n) is 1.95. The third kappa shape index (κ3) is 1.75. The van der Waals surface area contributed by atoms with Crippen LogP contribution in [0.2, 0.25) is 0 Å². The Labute approximate surface area is 90.1 Å². The van der Waals surface area contributed by atoms with Crippen LogP contribution < -0.4 is 5.32 Å². The molecule has 0 radical (unpaired) electrons. The summed E-state index contributed by atoms with van der Waals surface area (Å²) in [5.74, 6) is 1.07. The third-order valence-electron chi connectivity index (χ3n) is 2.64. The number of rotatable bonds is 3. The average molecular weight is 203 g/mol. The topological polar surface area (TPSA) is 29.3 Å². The number of nitrogens with zero attached hydrogens (tertiary/aromatic N) is 2. The molecule has 0 aliphatic heterocycles. The molecule has 0 fully saturated rings. The lowest BCUT2D eigenvalue weighted by Crippen LogP contribution is -2.12. The maximum atomic E-state index is 4.59. The van der Waals surface area contributed by atoms with Gasteiger partial charge in [-0.2, -0.15) is 0 Å². The van der Waals surface area contributed by atoms with E-state index in [9.17, 15) is 0 Å². The van der Waals surface area contributed by atoms with Crippen molar-refractivity contribution in [3.63, 3.8) is 0 Å². The van der Waals surface area contributed by atoms with Gasteiger partial charge in [0.2, 0.25) is 0 Å². The summed E-state index contributed by atoms with van der Waals surface area (Å²) in [7, 11) is 0. The second-order valence-corrected chi connectivity index (χ2v) is 3.77. The summed E-state index contributed by atoms with van der Waals surface area (Å²) in [5, 5.41) is 3.31. The highest BCUT2D eigenvalue weighted by Gasteiger charge is 2.07. The highest BCUT2D eigenvalue weighted by molar-refractivity contribution is 5.54. The van der Waals surface area contributed by atoms with Gasteiger partial charge in [-0.15, -0.1) is 0 Å². The summed E-state index contributed by atoms with van der Waals surface area (Å²) in [4.78, 5) is 4.59. The predicted octanol–water partition coefficient (Wildman–Crippen LogP) is 2.06. The fraction of sp³-hybridized carbons (Fsp3) is 0.417. The quantitative estimate of drug-likeness (QED) is 0.827. The van der Waals surface area contributed by atoms with Crippen molar-refractivity contribution < 1.29 is 0 Å². The molecule has 2 aromatic heterocycles. The number of imidazole rings is 1. The van der Waals surface area contributed by atoms with E-state index in [1.807, 2.05) is 0 Å². The molecule has 0 atom stereocenters. The molecule has 3 heteroatoms. The van der Waals surface area contributed by atoms with Crippen molar-refractivity contribution in [2.75, 3.05) is 6.54 Å². The van der Waals surface area contributed by atoms with Crippen LogP contribution in [-0.4, -0.2) is 15.9 Å². The second-order valence-electron chi connectivity index (χ2n) is 3.77. The molecule has 0 aromatic carbocycles. The number of nitrogens with one attached hydrogen (secondary N) is 1. The minimum Gasteiger partial charge on any atom is -0.311 e. The molecule has 2 rings (SSSR count). The van der Waals surface area contributed by atoms with Crippen LogP contribution in [0.4, 0.5) is 0 Å². The van der Waals surface area contributed by atoms with Gasteiger partial charge in [-0.3, -0.25) is 0 Å². The zero-order valence-corrected chi connectivity index (χ0v) is 9.54. The van der Waals surface area contributed by atoms with Gasteiger partial charge in [-0.1, -0.05) is 13.0 Å². The summed E-state index contributed by atoms with van der Waals surface area (Å²) < 4.78 is 2.20. The molecular formula is C12H17N3. The van der Waals surface area contributed by atoms with E-state index < -0.39 is 0 Å². The molecule has 80 valence electrons. The van der Waals surface area contributed by atoms with E-state index in [1.165, 1.54) is 11.2 Å². The molecule has 0 spiro atoms. The Hall–Kier alpha value is -1.35. The van der Waals surface area contributed by atoms with E-state index in [0.717, 1.165) is 24.6 Å². The number of pyridine rings is 1. The van der Waals surface area contributed by atoms with Gasteiger partial charge >= 0.3 is 0 Å². The van der Waals surface area contributed by atoms with Crippen LogP contribution in [0, 0.1) is 13.8 Å².